The maximum Gasteiger partial charge on any atom is 0.219 e. The SMILES string of the molecule is CCNC(=NCC1CCCC1O)N1CCN(C(C)=O)CC1. The summed E-state index contributed by atoms with van der Waals surface area (Å²) in [6.07, 6.45) is 2.90. The molecule has 2 N–H and O–H groups in total. The monoisotopic (exact) mass is 296 g/mol. The van der Waals surface area contributed by atoms with Gasteiger partial charge in [-0.25, -0.2) is 0 Å². The highest BCUT2D eigenvalue weighted by atomic mass is 16.3. The van der Waals surface area contributed by atoms with Crippen LogP contribution in [0.1, 0.15) is 33.1 Å². The van der Waals surface area contributed by atoms with E-state index in [9.17, 15) is 9.90 Å². The van der Waals surface area contributed by atoms with Crippen LogP contribution >= 0.6 is 0 Å². The zero-order valence-electron chi connectivity index (χ0n) is 13.2. The van der Waals surface area contributed by atoms with Crippen molar-refractivity contribution in [1.29, 1.82) is 0 Å². The number of piperazine rings is 1. The summed E-state index contributed by atoms with van der Waals surface area (Å²) in [6, 6.07) is 0. The van der Waals surface area contributed by atoms with E-state index in [1.807, 2.05) is 4.90 Å². The van der Waals surface area contributed by atoms with Gasteiger partial charge in [0.1, 0.15) is 0 Å². The van der Waals surface area contributed by atoms with Crippen LogP contribution in [-0.2, 0) is 4.79 Å². The summed E-state index contributed by atoms with van der Waals surface area (Å²) >= 11 is 0. The molecule has 2 atom stereocenters. The lowest BCUT2D eigenvalue weighted by Gasteiger charge is -2.36. The number of aliphatic hydroxyl groups is 1. The summed E-state index contributed by atoms with van der Waals surface area (Å²) in [7, 11) is 0. The van der Waals surface area contributed by atoms with E-state index < -0.39 is 0 Å². The predicted molar refractivity (Wildman–Crippen MR) is 83.2 cm³/mol. The van der Waals surface area contributed by atoms with Crippen LogP contribution < -0.4 is 5.32 Å². The molecule has 1 aliphatic heterocycles. The van der Waals surface area contributed by atoms with Crippen molar-refractivity contribution in [2.24, 2.45) is 10.9 Å². The van der Waals surface area contributed by atoms with Gasteiger partial charge >= 0.3 is 0 Å². The van der Waals surface area contributed by atoms with E-state index in [1.165, 1.54) is 0 Å². The summed E-state index contributed by atoms with van der Waals surface area (Å²) in [5, 5.41) is 13.2. The molecule has 1 aliphatic carbocycles. The van der Waals surface area contributed by atoms with Crippen molar-refractivity contribution in [2.75, 3.05) is 39.3 Å². The molecule has 2 fully saturated rings. The molecule has 0 aromatic rings. The highest BCUT2D eigenvalue weighted by molar-refractivity contribution is 5.80. The van der Waals surface area contributed by atoms with Crippen LogP contribution in [0, 0.1) is 5.92 Å². The number of carbonyl (C=O) groups is 1. The van der Waals surface area contributed by atoms with Gasteiger partial charge < -0.3 is 20.2 Å². The molecule has 0 aromatic carbocycles. The van der Waals surface area contributed by atoms with Crippen LogP contribution in [0.2, 0.25) is 0 Å². The lowest BCUT2D eigenvalue weighted by atomic mass is 10.1. The minimum Gasteiger partial charge on any atom is -0.393 e. The molecule has 0 bridgehead atoms. The van der Waals surface area contributed by atoms with Gasteiger partial charge in [-0.05, 0) is 19.8 Å². The van der Waals surface area contributed by atoms with Crippen LogP contribution in [0.3, 0.4) is 0 Å². The Labute approximate surface area is 127 Å². The Kier molecular flexibility index (Phi) is 5.85. The Hall–Kier alpha value is -1.30. The second kappa shape index (κ2) is 7.64. The normalized spacial score (nSPS) is 27.1. The molecule has 0 radical (unpaired) electrons. The van der Waals surface area contributed by atoms with E-state index in [4.69, 9.17) is 4.99 Å². The first-order valence-corrected chi connectivity index (χ1v) is 8.08. The quantitative estimate of drug-likeness (QED) is 0.580. The number of guanidine groups is 1. The summed E-state index contributed by atoms with van der Waals surface area (Å²) < 4.78 is 0. The highest BCUT2D eigenvalue weighted by Crippen LogP contribution is 2.25. The van der Waals surface area contributed by atoms with Crippen molar-refractivity contribution in [1.82, 2.24) is 15.1 Å². The molecule has 1 heterocycles. The average molecular weight is 296 g/mol. The molecule has 6 heteroatoms. The number of rotatable bonds is 3. The molecule has 0 aromatic heterocycles. The molecule has 21 heavy (non-hydrogen) atoms. The topological polar surface area (TPSA) is 68.2 Å². The lowest BCUT2D eigenvalue weighted by Crippen LogP contribution is -2.53. The molecule has 1 saturated carbocycles. The molecule has 2 rings (SSSR count). The molecular formula is C15H28N4O2. The van der Waals surface area contributed by atoms with E-state index in [2.05, 4.69) is 17.1 Å². The van der Waals surface area contributed by atoms with Gasteiger partial charge in [-0.15, -0.1) is 0 Å². The summed E-state index contributed by atoms with van der Waals surface area (Å²) in [5.74, 6) is 1.36. The van der Waals surface area contributed by atoms with Gasteiger partial charge in [0.25, 0.3) is 0 Å². The maximum atomic E-state index is 11.4. The largest absolute Gasteiger partial charge is 0.393 e. The third kappa shape index (κ3) is 4.33. The van der Waals surface area contributed by atoms with E-state index in [-0.39, 0.29) is 12.0 Å². The zero-order valence-corrected chi connectivity index (χ0v) is 13.2. The summed E-state index contributed by atoms with van der Waals surface area (Å²) in [4.78, 5) is 20.2. The molecule has 2 aliphatic rings. The summed E-state index contributed by atoms with van der Waals surface area (Å²) in [6.45, 7) is 8.35. The van der Waals surface area contributed by atoms with Gasteiger partial charge in [-0.3, -0.25) is 9.79 Å². The zero-order chi connectivity index (χ0) is 15.2. The van der Waals surface area contributed by atoms with E-state index in [0.717, 1.165) is 57.9 Å². The minimum atomic E-state index is -0.189. The standard InChI is InChI=1S/C15H28N4O2/c1-3-16-15(17-11-13-5-4-6-14(13)21)19-9-7-18(8-10-19)12(2)20/h13-14,21H,3-11H2,1-2H3,(H,16,17). The highest BCUT2D eigenvalue weighted by Gasteiger charge is 2.26. The fourth-order valence-electron chi connectivity index (χ4n) is 3.09. The number of carbonyl (C=O) groups excluding carboxylic acids is 1. The molecule has 0 spiro atoms. The molecule has 6 nitrogen and oxygen atoms in total. The molecular weight excluding hydrogens is 268 g/mol. The number of aliphatic hydroxyl groups excluding tert-OH is 1. The van der Waals surface area contributed by atoms with Crippen molar-refractivity contribution in [3.63, 3.8) is 0 Å². The van der Waals surface area contributed by atoms with Gasteiger partial charge in [-0.2, -0.15) is 0 Å². The van der Waals surface area contributed by atoms with Gasteiger partial charge in [0, 0.05) is 52.1 Å². The number of nitrogens with one attached hydrogen (secondary N) is 1. The van der Waals surface area contributed by atoms with E-state index in [1.54, 1.807) is 6.92 Å². The number of nitrogens with zero attached hydrogens (tertiary/aromatic N) is 3. The molecule has 2 unspecified atom stereocenters. The van der Waals surface area contributed by atoms with Gasteiger partial charge in [0.15, 0.2) is 5.96 Å². The first kappa shape index (κ1) is 16.1. The van der Waals surface area contributed by atoms with Crippen LogP contribution in [0.15, 0.2) is 4.99 Å². The van der Waals surface area contributed by atoms with E-state index >= 15 is 0 Å². The van der Waals surface area contributed by atoms with Gasteiger partial charge in [0.05, 0.1) is 6.10 Å². The fourth-order valence-corrected chi connectivity index (χ4v) is 3.09. The summed E-state index contributed by atoms with van der Waals surface area (Å²) in [5.41, 5.74) is 0. The number of hydrogen-bond acceptors (Lipinski definition) is 3. The second-order valence-electron chi connectivity index (χ2n) is 5.95. The predicted octanol–water partition coefficient (Wildman–Crippen LogP) is 0.277. The van der Waals surface area contributed by atoms with Crippen LogP contribution in [0.4, 0.5) is 0 Å². The average Bonchev–Trinajstić information content (AvgIpc) is 2.89. The van der Waals surface area contributed by atoms with E-state index in [0.29, 0.717) is 12.5 Å². The Balaban J connectivity index is 1.90. The second-order valence-corrected chi connectivity index (χ2v) is 5.95. The van der Waals surface area contributed by atoms with Crippen molar-refractivity contribution in [3.8, 4) is 0 Å². The Morgan fingerprint density at radius 2 is 1.90 bits per heavy atom. The molecule has 1 amide bonds. The first-order chi connectivity index (χ1) is 10.1. The third-order valence-electron chi connectivity index (χ3n) is 4.45. The fraction of sp³-hybridized carbons (Fsp3) is 0.867. The van der Waals surface area contributed by atoms with Crippen molar-refractivity contribution >= 4 is 11.9 Å². The Morgan fingerprint density at radius 3 is 2.43 bits per heavy atom. The van der Waals surface area contributed by atoms with Crippen LogP contribution in [0.25, 0.3) is 0 Å². The van der Waals surface area contributed by atoms with Crippen LogP contribution in [-0.4, -0.2) is 72.1 Å². The first-order valence-electron chi connectivity index (χ1n) is 8.08. The third-order valence-corrected chi connectivity index (χ3v) is 4.45. The Morgan fingerprint density at radius 1 is 1.24 bits per heavy atom. The molecule has 120 valence electrons. The van der Waals surface area contributed by atoms with Gasteiger partial charge in [0.2, 0.25) is 5.91 Å². The smallest absolute Gasteiger partial charge is 0.219 e. The minimum absolute atomic E-state index is 0.144. The lowest BCUT2D eigenvalue weighted by molar-refractivity contribution is -0.130. The number of amides is 1. The molecule has 1 saturated heterocycles. The number of aliphatic imine (C=N–C) groups is 1. The van der Waals surface area contributed by atoms with Crippen molar-refractivity contribution < 1.29 is 9.90 Å². The number of hydrogen-bond donors (Lipinski definition) is 2. The van der Waals surface area contributed by atoms with Gasteiger partial charge in [-0.1, -0.05) is 6.42 Å². The van der Waals surface area contributed by atoms with Crippen molar-refractivity contribution in [2.45, 2.75) is 39.2 Å². The van der Waals surface area contributed by atoms with Crippen molar-refractivity contribution in [3.05, 3.63) is 0 Å². The van der Waals surface area contributed by atoms with Crippen LogP contribution in [0.5, 0.6) is 0 Å². The Bertz CT molecular complexity index is 378. The maximum absolute atomic E-state index is 11.4.